The number of allylic oxidation sites excluding steroid dienone is 1. The lowest BCUT2D eigenvalue weighted by Crippen LogP contribution is -2.32. The number of rotatable bonds is 13. The molecule has 0 saturated heterocycles. The number of halogens is 6. The highest BCUT2D eigenvalue weighted by Crippen LogP contribution is 2.39. The summed E-state index contributed by atoms with van der Waals surface area (Å²) in [6, 6.07) is 3.44. The number of fused-ring (bicyclic) bond motifs is 1. The van der Waals surface area contributed by atoms with Crippen molar-refractivity contribution in [1.29, 1.82) is 0 Å². The molecule has 0 aliphatic heterocycles. The Bertz CT molecular complexity index is 1800. The number of carbonyl (C=O) groups excluding carboxylic acids is 1. The molecule has 2 aliphatic rings. The average Bonchev–Trinajstić information content (AvgIpc) is 3.99. The summed E-state index contributed by atoms with van der Waals surface area (Å²) in [5, 5.41) is 8.05. The topological polar surface area (TPSA) is 94.1 Å². The molecule has 0 radical (unpaired) electrons. The number of anilines is 2. The number of aromatic nitrogens is 5. The van der Waals surface area contributed by atoms with Gasteiger partial charge in [0.05, 0.1) is 16.7 Å². The SMILES string of the molecule is Cc1[nH]nc2nc(N(CC3CC3)CC3CC3)c(CN(Cc3cc(C(F)(F)F)cc(C(F)(F)F)c3)c3ncc(C(=O)/C=C/N(C)C)cn3)cc12. The number of carbonyl (C=O) groups is 1. The van der Waals surface area contributed by atoms with Gasteiger partial charge in [0.25, 0.3) is 0 Å². The zero-order valence-electron chi connectivity index (χ0n) is 27.2. The van der Waals surface area contributed by atoms with Gasteiger partial charge in [-0.2, -0.15) is 31.4 Å². The molecule has 0 bridgehead atoms. The van der Waals surface area contributed by atoms with Crippen LogP contribution < -0.4 is 9.80 Å². The fourth-order valence-corrected chi connectivity index (χ4v) is 5.61. The van der Waals surface area contributed by atoms with Crippen LogP contribution in [-0.4, -0.2) is 63.0 Å². The highest BCUT2D eigenvalue weighted by Gasteiger charge is 2.37. The summed E-state index contributed by atoms with van der Waals surface area (Å²) in [6.07, 6.45) is -0.117. The van der Waals surface area contributed by atoms with Crippen LogP contribution in [0.3, 0.4) is 0 Å². The molecule has 1 aromatic carbocycles. The van der Waals surface area contributed by atoms with Crippen LogP contribution in [0.1, 0.15) is 64.0 Å². The van der Waals surface area contributed by atoms with Gasteiger partial charge in [-0.1, -0.05) is 0 Å². The van der Waals surface area contributed by atoms with E-state index in [1.807, 2.05) is 13.0 Å². The molecule has 6 rings (SSSR count). The number of alkyl halides is 6. The Balaban J connectivity index is 1.43. The van der Waals surface area contributed by atoms with Gasteiger partial charge < -0.3 is 14.7 Å². The molecular formula is C34H36F6N8O. The summed E-state index contributed by atoms with van der Waals surface area (Å²) in [7, 11) is 3.50. The van der Waals surface area contributed by atoms with Crippen LogP contribution >= 0.6 is 0 Å². The molecule has 0 atom stereocenters. The third kappa shape index (κ3) is 8.49. The monoisotopic (exact) mass is 686 g/mol. The van der Waals surface area contributed by atoms with Crippen LogP contribution in [-0.2, 0) is 25.4 Å². The Kier molecular flexibility index (Phi) is 9.29. The molecule has 1 N–H and O–H groups in total. The first-order valence-electron chi connectivity index (χ1n) is 16.0. The van der Waals surface area contributed by atoms with Crippen LogP contribution in [0.5, 0.6) is 0 Å². The molecule has 49 heavy (non-hydrogen) atoms. The molecule has 15 heteroatoms. The van der Waals surface area contributed by atoms with Crippen molar-refractivity contribution in [2.45, 2.75) is 58.0 Å². The minimum absolute atomic E-state index is 0.000147. The number of ketones is 1. The fourth-order valence-electron chi connectivity index (χ4n) is 5.61. The maximum Gasteiger partial charge on any atom is 0.416 e. The van der Waals surface area contributed by atoms with E-state index in [-0.39, 0.29) is 35.5 Å². The van der Waals surface area contributed by atoms with Gasteiger partial charge in [0.1, 0.15) is 5.82 Å². The molecular weight excluding hydrogens is 650 g/mol. The van der Waals surface area contributed by atoms with Gasteiger partial charge >= 0.3 is 12.4 Å². The van der Waals surface area contributed by atoms with Crippen LogP contribution in [0.4, 0.5) is 38.1 Å². The number of H-pyrrole nitrogens is 1. The predicted octanol–water partition coefficient (Wildman–Crippen LogP) is 7.19. The van der Waals surface area contributed by atoms with Crippen molar-refractivity contribution in [3.63, 3.8) is 0 Å². The highest BCUT2D eigenvalue weighted by atomic mass is 19.4. The van der Waals surface area contributed by atoms with Crippen LogP contribution in [0.25, 0.3) is 11.0 Å². The number of hydrogen-bond acceptors (Lipinski definition) is 8. The van der Waals surface area contributed by atoms with Gasteiger partial charge in [-0.15, -0.1) is 0 Å². The van der Waals surface area contributed by atoms with Crippen molar-refractivity contribution < 1.29 is 31.1 Å². The lowest BCUT2D eigenvalue weighted by atomic mass is 10.0. The number of benzene rings is 1. The number of hydrogen-bond donors (Lipinski definition) is 1. The second-order valence-corrected chi connectivity index (χ2v) is 13.2. The predicted molar refractivity (Wildman–Crippen MR) is 172 cm³/mol. The molecule has 0 spiro atoms. The van der Waals surface area contributed by atoms with Crippen molar-refractivity contribution in [1.82, 2.24) is 30.0 Å². The van der Waals surface area contributed by atoms with E-state index in [4.69, 9.17) is 4.98 Å². The summed E-state index contributed by atoms with van der Waals surface area (Å²) in [4.78, 5) is 31.8. The third-order valence-electron chi connectivity index (χ3n) is 8.55. The van der Waals surface area contributed by atoms with Crippen LogP contribution in [0.2, 0.25) is 0 Å². The van der Waals surface area contributed by atoms with Gasteiger partial charge in [0.15, 0.2) is 11.4 Å². The van der Waals surface area contributed by atoms with Gasteiger partial charge in [0.2, 0.25) is 5.95 Å². The molecule has 0 amide bonds. The zero-order chi connectivity index (χ0) is 35.1. The van der Waals surface area contributed by atoms with Gasteiger partial charge in [-0.05, 0) is 74.3 Å². The number of nitrogens with zero attached hydrogens (tertiary/aromatic N) is 7. The third-order valence-corrected chi connectivity index (χ3v) is 8.55. The molecule has 260 valence electrons. The van der Waals surface area contributed by atoms with E-state index in [0.717, 1.165) is 49.9 Å². The smallest absolute Gasteiger partial charge is 0.383 e. The molecule has 3 aromatic heterocycles. The second kappa shape index (κ2) is 13.3. The van der Waals surface area contributed by atoms with Crippen LogP contribution in [0, 0.1) is 18.8 Å². The van der Waals surface area contributed by atoms with Gasteiger partial charge in [0, 0.05) is 81.6 Å². The fraction of sp³-hybridized carbons (Fsp3) is 0.441. The maximum atomic E-state index is 13.8. The van der Waals surface area contributed by atoms with E-state index in [2.05, 4.69) is 25.1 Å². The summed E-state index contributed by atoms with van der Waals surface area (Å²) < 4.78 is 82.9. The summed E-state index contributed by atoms with van der Waals surface area (Å²) >= 11 is 0. The summed E-state index contributed by atoms with van der Waals surface area (Å²) in [5.74, 6) is 1.33. The molecule has 2 fully saturated rings. The van der Waals surface area contributed by atoms with Crippen molar-refractivity contribution in [2.75, 3.05) is 37.0 Å². The van der Waals surface area contributed by atoms with Crippen molar-refractivity contribution in [3.05, 3.63) is 82.4 Å². The number of aromatic amines is 1. The Labute approximate surface area is 279 Å². The minimum atomic E-state index is -5.01. The lowest BCUT2D eigenvalue weighted by molar-refractivity contribution is -0.143. The first kappa shape index (κ1) is 34.2. The average molecular weight is 687 g/mol. The number of nitrogens with one attached hydrogen (secondary N) is 1. The van der Waals surface area contributed by atoms with Gasteiger partial charge in [-0.25, -0.2) is 15.0 Å². The van der Waals surface area contributed by atoms with E-state index in [1.54, 1.807) is 25.2 Å². The molecule has 3 heterocycles. The van der Waals surface area contributed by atoms with Crippen LogP contribution in [0.15, 0.2) is 48.9 Å². The van der Waals surface area contributed by atoms with E-state index in [0.29, 0.717) is 41.0 Å². The van der Waals surface area contributed by atoms with E-state index < -0.39 is 30.0 Å². The zero-order valence-corrected chi connectivity index (χ0v) is 27.2. The molecule has 2 saturated carbocycles. The van der Waals surface area contributed by atoms with E-state index in [1.165, 1.54) is 23.4 Å². The molecule has 9 nitrogen and oxygen atoms in total. The molecule has 2 aliphatic carbocycles. The Morgan fingerprint density at radius 1 is 0.878 bits per heavy atom. The minimum Gasteiger partial charge on any atom is -0.383 e. The Morgan fingerprint density at radius 3 is 2.00 bits per heavy atom. The first-order valence-corrected chi connectivity index (χ1v) is 16.0. The largest absolute Gasteiger partial charge is 0.416 e. The summed E-state index contributed by atoms with van der Waals surface area (Å²) in [6.45, 7) is 3.01. The highest BCUT2D eigenvalue weighted by molar-refractivity contribution is 6.04. The lowest BCUT2D eigenvalue weighted by Gasteiger charge is -2.29. The Morgan fingerprint density at radius 2 is 1.47 bits per heavy atom. The number of aryl methyl sites for hydroxylation is 1. The summed E-state index contributed by atoms with van der Waals surface area (Å²) in [5.41, 5.74) is -0.929. The van der Waals surface area contributed by atoms with Crippen molar-refractivity contribution >= 4 is 28.6 Å². The van der Waals surface area contributed by atoms with Crippen molar-refractivity contribution in [2.24, 2.45) is 11.8 Å². The Hall–Kier alpha value is -4.69. The maximum absolute atomic E-state index is 13.8. The molecule has 0 unspecified atom stereocenters. The normalized spacial score (nSPS) is 15.3. The van der Waals surface area contributed by atoms with E-state index in [9.17, 15) is 31.1 Å². The second-order valence-electron chi connectivity index (χ2n) is 13.2. The van der Waals surface area contributed by atoms with Gasteiger partial charge in [-0.3, -0.25) is 9.89 Å². The van der Waals surface area contributed by atoms with E-state index >= 15 is 0 Å². The standard InChI is InChI=1S/C34H36F6N8O/c1-20-28-12-24(31(43-30(28)45-44-20)47(16-21-4-5-21)17-22-6-7-22)19-48(32-41-14-25(15-42-32)29(49)8-9-46(2)3)18-23-10-26(33(35,36)37)13-27(11-23)34(38,39)40/h8-15,21-22H,4-7,16-19H2,1-3H3,(H,43,44,45)/b9-8+. The molecule has 4 aromatic rings. The number of pyridine rings is 1. The van der Waals surface area contributed by atoms with Crippen molar-refractivity contribution in [3.8, 4) is 0 Å². The quantitative estimate of drug-likeness (QED) is 0.0898. The first-order chi connectivity index (χ1) is 23.1.